The van der Waals surface area contributed by atoms with Crippen molar-refractivity contribution in [2.75, 3.05) is 42.7 Å². The van der Waals surface area contributed by atoms with Gasteiger partial charge in [-0.1, -0.05) is 0 Å². The third-order valence-electron chi connectivity index (χ3n) is 4.49. The summed E-state index contributed by atoms with van der Waals surface area (Å²) in [5.41, 5.74) is 0.897. The summed E-state index contributed by atoms with van der Waals surface area (Å²) in [5, 5.41) is 8.35. The monoisotopic (exact) mass is 349 g/mol. The topological polar surface area (TPSA) is 69.6 Å². The van der Waals surface area contributed by atoms with Crippen LogP contribution in [0.1, 0.15) is 19.0 Å². The molecule has 0 aliphatic carbocycles. The Bertz CT molecular complexity index is 609. The van der Waals surface area contributed by atoms with Crippen LogP contribution in [0.4, 0.5) is 5.82 Å². The molecule has 3 rings (SSSR count). The molecule has 2 saturated heterocycles. The minimum Gasteiger partial charge on any atom is -0.353 e. The number of nitrogens with zero attached hydrogens (tertiary/aromatic N) is 5. The van der Waals surface area contributed by atoms with Crippen molar-refractivity contribution >= 4 is 29.4 Å². The highest BCUT2D eigenvalue weighted by molar-refractivity contribution is 7.99. The zero-order valence-electron chi connectivity index (χ0n) is 14.1. The SMILES string of the molecule is CC(=O)N1CSCC1C(=O)N1CCCN(c2ccc(C)nn2)CC1. The number of hydrogen-bond acceptors (Lipinski definition) is 6. The van der Waals surface area contributed by atoms with Crippen LogP contribution in [0.5, 0.6) is 0 Å². The molecule has 2 amide bonds. The van der Waals surface area contributed by atoms with E-state index in [-0.39, 0.29) is 17.9 Å². The first kappa shape index (κ1) is 17.0. The van der Waals surface area contributed by atoms with Gasteiger partial charge in [-0.05, 0) is 25.5 Å². The van der Waals surface area contributed by atoms with E-state index in [4.69, 9.17) is 0 Å². The Balaban J connectivity index is 1.63. The molecule has 8 heteroatoms. The third-order valence-corrected chi connectivity index (χ3v) is 5.50. The normalized spacial score (nSPS) is 21.8. The summed E-state index contributed by atoms with van der Waals surface area (Å²) in [6.45, 7) is 6.43. The average Bonchev–Trinajstić information content (AvgIpc) is 2.94. The van der Waals surface area contributed by atoms with E-state index >= 15 is 0 Å². The van der Waals surface area contributed by atoms with Crippen molar-refractivity contribution in [3.63, 3.8) is 0 Å². The lowest BCUT2D eigenvalue weighted by atomic mass is 10.2. The molecule has 1 unspecified atom stereocenters. The van der Waals surface area contributed by atoms with E-state index in [0.717, 1.165) is 37.6 Å². The molecule has 130 valence electrons. The Hall–Kier alpha value is -1.83. The van der Waals surface area contributed by atoms with Crippen LogP contribution >= 0.6 is 11.8 Å². The molecule has 0 spiro atoms. The lowest BCUT2D eigenvalue weighted by Gasteiger charge is -2.28. The maximum Gasteiger partial charge on any atom is 0.246 e. The van der Waals surface area contributed by atoms with Crippen molar-refractivity contribution in [2.24, 2.45) is 0 Å². The van der Waals surface area contributed by atoms with Crippen molar-refractivity contribution < 1.29 is 9.59 Å². The molecule has 1 atom stereocenters. The highest BCUT2D eigenvalue weighted by Crippen LogP contribution is 2.23. The summed E-state index contributed by atoms with van der Waals surface area (Å²) in [5.74, 6) is 2.22. The Morgan fingerprint density at radius 1 is 1.17 bits per heavy atom. The Labute approximate surface area is 146 Å². The van der Waals surface area contributed by atoms with Gasteiger partial charge in [0, 0.05) is 38.9 Å². The summed E-state index contributed by atoms with van der Waals surface area (Å²) in [4.78, 5) is 30.3. The Morgan fingerprint density at radius 2 is 2.00 bits per heavy atom. The van der Waals surface area contributed by atoms with Crippen LogP contribution in [0, 0.1) is 6.92 Å². The van der Waals surface area contributed by atoms with Crippen LogP contribution < -0.4 is 4.90 Å². The minimum atomic E-state index is -0.307. The maximum atomic E-state index is 12.8. The molecule has 7 nitrogen and oxygen atoms in total. The van der Waals surface area contributed by atoms with Crippen LogP contribution in [0.25, 0.3) is 0 Å². The van der Waals surface area contributed by atoms with Gasteiger partial charge in [0.1, 0.15) is 6.04 Å². The highest BCUT2D eigenvalue weighted by atomic mass is 32.2. The molecule has 2 fully saturated rings. The number of carbonyl (C=O) groups excluding carboxylic acids is 2. The van der Waals surface area contributed by atoms with Gasteiger partial charge in [0.15, 0.2) is 5.82 Å². The van der Waals surface area contributed by atoms with E-state index in [2.05, 4.69) is 15.1 Å². The average molecular weight is 349 g/mol. The van der Waals surface area contributed by atoms with Gasteiger partial charge in [0.25, 0.3) is 0 Å². The zero-order valence-corrected chi connectivity index (χ0v) is 15.0. The van der Waals surface area contributed by atoms with Crippen LogP contribution in [0.15, 0.2) is 12.1 Å². The standard InChI is InChI=1S/C16H23N5O2S/c1-12-4-5-15(18-17-12)19-6-3-7-20(9-8-19)16(23)14-10-24-11-21(14)13(2)22/h4-5,14H,3,6-11H2,1-2H3. The summed E-state index contributed by atoms with van der Waals surface area (Å²) < 4.78 is 0. The zero-order chi connectivity index (χ0) is 17.1. The van der Waals surface area contributed by atoms with Gasteiger partial charge in [-0.2, -0.15) is 5.10 Å². The molecule has 0 saturated carbocycles. The number of thioether (sulfide) groups is 1. The van der Waals surface area contributed by atoms with Crippen LogP contribution in [-0.4, -0.2) is 75.7 Å². The first-order chi connectivity index (χ1) is 11.6. The largest absolute Gasteiger partial charge is 0.353 e. The van der Waals surface area contributed by atoms with Crippen LogP contribution in [-0.2, 0) is 9.59 Å². The molecule has 0 bridgehead atoms. The second-order valence-electron chi connectivity index (χ2n) is 6.20. The third kappa shape index (κ3) is 3.63. The second kappa shape index (κ2) is 7.38. The number of rotatable bonds is 2. The van der Waals surface area contributed by atoms with Crippen molar-refractivity contribution in [1.82, 2.24) is 20.0 Å². The van der Waals surface area contributed by atoms with E-state index in [9.17, 15) is 9.59 Å². The van der Waals surface area contributed by atoms with Crippen LogP contribution in [0.3, 0.4) is 0 Å². The van der Waals surface area contributed by atoms with Crippen molar-refractivity contribution in [1.29, 1.82) is 0 Å². The fourth-order valence-corrected chi connectivity index (χ4v) is 4.31. The Morgan fingerprint density at radius 3 is 2.71 bits per heavy atom. The van der Waals surface area contributed by atoms with Crippen molar-refractivity contribution in [3.05, 3.63) is 17.8 Å². The van der Waals surface area contributed by atoms with E-state index in [1.165, 1.54) is 6.92 Å². The lowest BCUT2D eigenvalue weighted by Crippen LogP contribution is -2.49. The van der Waals surface area contributed by atoms with Crippen molar-refractivity contribution in [2.45, 2.75) is 26.3 Å². The minimum absolute atomic E-state index is 0.0234. The number of aromatic nitrogens is 2. The highest BCUT2D eigenvalue weighted by Gasteiger charge is 2.36. The fraction of sp³-hybridized carbons (Fsp3) is 0.625. The van der Waals surface area contributed by atoms with Crippen LogP contribution in [0.2, 0.25) is 0 Å². The molecule has 3 heterocycles. The molecular weight excluding hydrogens is 326 g/mol. The number of hydrogen-bond donors (Lipinski definition) is 0. The molecular formula is C16H23N5O2S. The van der Waals surface area contributed by atoms with E-state index < -0.39 is 0 Å². The van der Waals surface area contributed by atoms with Gasteiger partial charge in [-0.3, -0.25) is 9.59 Å². The molecule has 24 heavy (non-hydrogen) atoms. The van der Waals surface area contributed by atoms with E-state index in [1.807, 2.05) is 24.0 Å². The van der Waals surface area contributed by atoms with E-state index in [0.29, 0.717) is 18.2 Å². The van der Waals surface area contributed by atoms with Gasteiger partial charge in [-0.15, -0.1) is 16.9 Å². The molecule has 1 aromatic rings. The van der Waals surface area contributed by atoms with Gasteiger partial charge in [0.05, 0.1) is 11.6 Å². The van der Waals surface area contributed by atoms with Gasteiger partial charge < -0.3 is 14.7 Å². The number of anilines is 1. The maximum absolute atomic E-state index is 12.8. The molecule has 0 aromatic carbocycles. The number of aryl methyl sites for hydroxylation is 1. The summed E-state index contributed by atoms with van der Waals surface area (Å²) in [7, 11) is 0. The van der Waals surface area contributed by atoms with Gasteiger partial charge >= 0.3 is 0 Å². The summed E-state index contributed by atoms with van der Waals surface area (Å²) in [6, 6.07) is 3.62. The smallest absolute Gasteiger partial charge is 0.246 e. The van der Waals surface area contributed by atoms with Crippen molar-refractivity contribution in [3.8, 4) is 0 Å². The number of carbonyl (C=O) groups is 2. The number of amides is 2. The predicted octanol–water partition coefficient (Wildman–Crippen LogP) is 0.745. The first-order valence-electron chi connectivity index (χ1n) is 8.25. The second-order valence-corrected chi connectivity index (χ2v) is 7.20. The summed E-state index contributed by atoms with van der Waals surface area (Å²) in [6.07, 6.45) is 0.890. The molecule has 0 N–H and O–H groups in total. The predicted molar refractivity (Wildman–Crippen MR) is 93.8 cm³/mol. The quantitative estimate of drug-likeness (QED) is 0.785. The molecule has 1 aromatic heterocycles. The molecule has 2 aliphatic heterocycles. The van der Waals surface area contributed by atoms with E-state index in [1.54, 1.807) is 16.7 Å². The van der Waals surface area contributed by atoms with Gasteiger partial charge in [0.2, 0.25) is 11.8 Å². The molecule has 2 aliphatic rings. The summed E-state index contributed by atoms with van der Waals surface area (Å²) >= 11 is 1.64. The molecule has 0 radical (unpaired) electrons. The lowest BCUT2D eigenvalue weighted by molar-refractivity contribution is -0.142. The fourth-order valence-electron chi connectivity index (χ4n) is 3.10. The van der Waals surface area contributed by atoms with Gasteiger partial charge in [-0.25, -0.2) is 0 Å². The Kier molecular flexibility index (Phi) is 5.23. The first-order valence-corrected chi connectivity index (χ1v) is 9.41.